The van der Waals surface area contributed by atoms with Crippen LogP contribution in [0.15, 0.2) is 52.9 Å². The number of nitriles is 1. The van der Waals surface area contributed by atoms with Gasteiger partial charge in [-0.15, -0.1) is 13.2 Å². The summed E-state index contributed by atoms with van der Waals surface area (Å²) in [5.41, 5.74) is 0.824. The van der Waals surface area contributed by atoms with E-state index < -0.39 is 33.6 Å². The van der Waals surface area contributed by atoms with Crippen LogP contribution >= 0.6 is 0 Å². The lowest BCUT2D eigenvalue weighted by Crippen LogP contribution is -2.50. The first-order chi connectivity index (χ1) is 19.2. The normalized spacial score (nSPS) is 17.3. The lowest BCUT2D eigenvalue weighted by molar-refractivity contribution is -0.274. The molecule has 0 bridgehead atoms. The minimum absolute atomic E-state index is 0.00769. The SMILES string of the molecule is CC(=O)N(CC#N)c1ccc(/C=C/S(=O)(=O)N2CCC3(CC2)N=C(c2cccc(OC(F)(F)F)c2)NC3=O)c(C)c1. The fraction of sp³-hybridized carbons (Fsp3) is 0.333. The first kappa shape index (κ1) is 29.8. The van der Waals surface area contributed by atoms with Crippen molar-refractivity contribution in [3.63, 3.8) is 0 Å². The predicted molar refractivity (Wildman–Crippen MR) is 144 cm³/mol. The Balaban J connectivity index is 1.45. The number of hydrogen-bond acceptors (Lipinski definition) is 7. The van der Waals surface area contributed by atoms with Crippen LogP contribution in [0, 0.1) is 18.3 Å². The number of sulfonamides is 1. The molecule has 1 fully saturated rings. The summed E-state index contributed by atoms with van der Waals surface area (Å²) >= 11 is 0. The molecule has 10 nitrogen and oxygen atoms in total. The summed E-state index contributed by atoms with van der Waals surface area (Å²) in [6.45, 7) is 3.01. The molecule has 0 radical (unpaired) electrons. The van der Waals surface area contributed by atoms with Crippen LogP contribution in [-0.2, 0) is 19.6 Å². The second-order valence-corrected chi connectivity index (χ2v) is 11.4. The molecule has 2 aliphatic heterocycles. The lowest BCUT2D eigenvalue weighted by atomic mass is 9.89. The number of amides is 2. The molecule has 216 valence electrons. The number of carbonyl (C=O) groups excluding carboxylic acids is 2. The van der Waals surface area contributed by atoms with E-state index in [2.05, 4.69) is 15.0 Å². The van der Waals surface area contributed by atoms with Crippen molar-refractivity contribution in [1.29, 1.82) is 5.26 Å². The molecule has 0 aliphatic carbocycles. The van der Waals surface area contributed by atoms with Gasteiger partial charge in [0.15, 0.2) is 0 Å². The van der Waals surface area contributed by atoms with Gasteiger partial charge in [-0.05, 0) is 61.2 Å². The van der Waals surface area contributed by atoms with E-state index in [0.29, 0.717) is 16.8 Å². The summed E-state index contributed by atoms with van der Waals surface area (Å²) in [5, 5.41) is 12.6. The lowest BCUT2D eigenvalue weighted by Gasteiger charge is -2.34. The summed E-state index contributed by atoms with van der Waals surface area (Å²) < 4.78 is 69.1. The van der Waals surface area contributed by atoms with Gasteiger partial charge in [-0.2, -0.15) is 9.57 Å². The quantitative estimate of drug-likeness (QED) is 0.492. The van der Waals surface area contributed by atoms with Gasteiger partial charge >= 0.3 is 6.36 Å². The Labute approximate surface area is 234 Å². The number of aryl methyl sites for hydroxylation is 1. The van der Waals surface area contributed by atoms with Crippen LogP contribution in [0.2, 0.25) is 0 Å². The number of rotatable bonds is 7. The highest BCUT2D eigenvalue weighted by atomic mass is 32.2. The first-order valence-corrected chi connectivity index (χ1v) is 13.9. The molecule has 2 aromatic rings. The third-order valence-electron chi connectivity index (χ3n) is 6.82. The molecule has 0 atom stereocenters. The van der Waals surface area contributed by atoms with E-state index >= 15 is 0 Å². The fourth-order valence-electron chi connectivity index (χ4n) is 4.66. The Morgan fingerprint density at radius 1 is 1.24 bits per heavy atom. The number of alkyl halides is 3. The van der Waals surface area contributed by atoms with E-state index in [4.69, 9.17) is 5.26 Å². The zero-order chi connectivity index (χ0) is 30.0. The Morgan fingerprint density at radius 3 is 2.56 bits per heavy atom. The second-order valence-electron chi connectivity index (χ2n) is 9.57. The average Bonchev–Trinajstić information content (AvgIpc) is 3.21. The molecule has 0 saturated carbocycles. The van der Waals surface area contributed by atoms with E-state index in [-0.39, 0.29) is 49.8 Å². The van der Waals surface area contributed by atoms with E-state index in [1.807, 2.05) is 6.07 Å². The fourth-order valence-corrected chi connectivity index (χ4v) is 5.84. The molecule has 1 N–H and O–H groups in total. The minimum atomic E-state index is -4.87. The van der Waals surface area contributed by atoms with Crippen LogP contribution in [0.5, 0.6) is 5.75 Å². The highest BCUT2D eigenvalue weighted by Gasteiger charge is 2.47. The highest BCUT2D eigenvalue weighted by molar-refractivity contribution is 7.92. The Kier molecular flexibility index (Phi) is 8.23. The summed E-state index contributed by atoms with van der Waals surface area (Å²) in [6.07, 6.45) is -3.26. The molecule has 2 heterocycles. The molecule has 4 rings (SSSR count). The van der Waals surface area contributed by atoms with Gasteiger partial charge in [0.25, 0.3) is 5.91 Å². The third kappa shape index (κ3) is 6.75. The predicted octanol–water partition coefficient (Wildman–Crippen LogP) is 3.48. The number of hydrogen-bond donors (Lipinski definition) is 1. The van der Waals surface area contributed by atoms with Gasteiger partial charge in [0.05, 0.1) is 6.07 Å². The number of aliphatic imine (C=N–C) groups is 1. The molecule has 14 heteroatoms. The van der Waals surface area contributed by atoms with E-state index in [1.165, 1.54) is 34.3 Å². The van der Waals surface area contributed by atoms with Crippen LogP contribution in [0.3, 0.4) is 0 Å². The molecule has 2 amide bonds. The molecule has 2 aromatic carbocycles. The zero-order valence-electron chi connectivity index (χ0n) is 22.1. The molecular weight excluding hydrogens is 563 g/mol. The van der Waals surface area contributed by atoms with E-state index in [1.54, 1.807) is 25.1 Å². The molecule has 0 unspecified atom stereocenters. The van der Waals surface area contributed by atoms with Crippen molar-refractivity contribution in [2.75, 3.05) is 24.5 Å². The smallest absolute Gasteiger partial charge is 0.406 e. The van der Waals surface area contributed by atoms with E-state index in [9.17, 15) is 31.2 Å². The second kappa shape index (κ2) is 11.3. The van der Waals surface area contributed by atoms with Crippen molar-refractivity contribution in [3.8, 4) is 11.8 Å². The van der Waals surface area contributed by atoms with Gasteiger partial charge in [-0.25, -0.2) is 8.42 Å². The third-order valence-corrected chi connectivity index (χ3v) is 8.39. The molecule has 41 heavy (non-hydrogen) atoms. The number of benzene rings is 2. The molecule has 1 spiro atoms. The van der Waals surface area contributed by atoms with Gasteiger partial charge in [-0.1, -0.05) is 18.2 Å². The highest BCUT2D eigenvalue weighted by Crippen LogP contribution is 2.33. The molecule has 2 aliphatic rings. The largest absolute Gasteiger partial charge is 0.573 e. The molecular formula is C27H26F3N5O5S. The Bertz CT molecular complexity index is 1570. The van der Waals surface area contributed by atoms with Crippen LogP contribution in [0.25, 0.3) is 6.08 Å². The molecule has 1 saturated heterocycles. The van der Waals surface area contributed by atoms with Crippen LogP contribution < -0.4 is 15.0 Å². The summed E-state index contributed by atoms with van der Waals surface area (Å²) in [4.78, 5) is 30.5. The van der Waals surface area contributed by atoms with Crippen molar-refractivity contribution in [2.45, 2.75) is 38.6 Å². The van der Waals surface area contributed by atoms with Crippen molar-refractivity contribution in [3.05, 3.63) is 64.6 Å². The van der Waals surface area contributed by atoms with E-state index in [0.717, 1.165) is 17.5 Å². The summed E-state index contributed by atoms with van der Waals surface area (Å²) in [7, 11) is -3.86. The van der Waals surface area contributed by atoms with Gasteiger partial charge in [0.1, 0.15) is 23.7 Å². The maximum atomic E-state index is 13.1. The van der Waals surface area contributed by atoms with Gasteiger partial charge in [0.2, 0.25) is 15.9 Å². The number of carbonyl (C=O) groups is 2. The number of anilines is 1. The van der Waals surface area contributed by atoms with Crippen LogP contribution in [-0.4, -0.2) is 61.9 Å². The van der Waals surface area contributed by atoms with Gasteiger partial charge < -0.3 is 10.1 Å². The maximum absolute atomic E-state index is 13.1. The minimum Gasteiger partial charge on any atom is -0.406 e. The van der Waals surface area contributed by atoms with Crippen LogP contribution in [0.4, 0.5) is 18.9 Å². The van der Waals surface area contributed by atoms with Crippen molar-refractivity contribution < 1.29 is 35.9 Å². The number of piperidine rings is 1. The number of ether oxygens (including phenoxy) is 1. The van der Waals surface area contributed by atoms with Crippen molar-refractivity contribution >= 4 is 39.4 Å². The number of nitrogens with one attached hydrogen (secondary N) is 1. The van der Waals surface area contributed by atoms with Crippen molar-refractivity contribution in [2.24, 2.45) is 4.99 Å². The average molecular weight is 590 g/mol. The Morgan fingerprint density at radius 2 is 1.95 bits per heavy atom. The number of nitrogens with zero attached hydrogens (tertiary/aromatic N) is 4. The van der Waals surface area contributed by atoms with Crippen molar-refractivity contribution in [1.82, 2.24) is 9.62 Å². The zero-order valence-corrected chi connectivity index (χ0v) is 22.9. The monoisotopic (exact) mass is 589 g/mol. The summed E-state index contributed by atoms with van der Waals surface area (Å²) in [5.74, 6) is -1.11. The Hall–Kier alpha value is -4.22. The van der Waals surface area contributed by atoms with Crippen LogP contribution in [0.1, 0.15) is 36.5 Å². The number of halogens is 3. The van der Waals surface area contributed by atoms with Gasteiger partial charge in [0, 0.05) is 36.7 Å². The van der Waals surface area contributed by atoms with Gasteiger partial charge in [-0.3, -0.25) is 19.5 Å². The maximum Gasteiger partial charge on any atom is 0.573 e. The molecule has 0 aromatic heterocycles. The standard InChI is InChI=1S/C27H26F3N5O5S/c1-18-16-22(35(14-11-31)19(2)36)7-6-20(18)8-15-41(38,39)34-12-9-26(10-13-34)25(37)32-24(33-26)21-4-3-5-23(17-21)40-27(28,29)30/h3-8,15-17H,9-10,12-14H2,1-2H3,(H,32,33,37)/b15-8+. The first-order valence-electron chi connectivity index (χ1n) is 12.4. The summed E-state index contributed by atoms with van der Waals surface area (Å²) in [6, 6.07) is 12.0. The number of amidine groups is 1. The topological polar surface area (TPSA) is 132 Å².